The second-order valence-electron chi connectivity index (χ2n) is 5.04. The fourth-order valence-electron chi connectivity index (χ4n) is 2.21. The second-order valence-corrected chi connectivity index (χ2v) is 5.04. The second kappa shape index (κ2) is 6.44. The molecular weight excluding hydrogens is 280 g/mol. The van der Waals surface area contributed by atoms with Crippen molar-refractivity contribution in [3.8, 4) is 0 Å². The van der Waals surface area contributed by atoms with Crippen LogP contribution in [0.3, 0.4) is 0 Å². The molecular formula is C16H18N4O2. The molecule has 0 amide bonds. The van der Waals surface area contributed by atoms with Gasteiger partial charge in [-0.15, -0.1) is 0 Å². The number of anilines is 1. The zero-order chi connectivity index (χ0) is 15.4. The first-order valence-electron chi connectivity index (χ1n) is 7.18. The number of hydrogen-bond acceptors (Lipinski definition) is 5. The van der Waals surface area contributed by atoms with Crippen molar-refractivity contribution in [2.24, 2.45) is 4.99 Å². The Morgan fingerprint density at radius 2 is 2.09 bits per heavy atom. The van der Waals surface area contributed by atoms with Crippen LogP contribution in [0.15, 0.2) is 53.7 Å². The molecule has 2 heterocycles. The van der Waals surface area contributed by atoms with E-state index in [0.29, 0.717) is 24.7 Å². The standard InChI is InChI=1S/C16H18N4O2/c1-13-6-2-3-8-15(13)18-16-17-9-11-20(16)22-12-14-7-4-5-10-19(14)21/h2-8,10H,9,11-12H2,1H3,(H,17,18). The highest BCUT2D eigenvalue weighted by molar-refractivity contribution is 5.94. The number of hydrogen-bond donors (Lipinski definition) is 1. The van der Waals surface area contributed by atoms with Gasteiger partial charge in [0.15, 0.2) is 12.8 Å². The van der Waals surface area contributed by atoms with Crippen LogP contribution >= 0.6 is 0 Å². The number of pyridine rings is 1. The van der Waals surface area contributed by atoms with Crippen molar-refractivity contribution in [3.05, 3.63) is 65.1 Å². The molecule has 3 rings (SSSR count). The van der Waals surface area contributed by atoms with Crippen molar-refractivity contribution in [3.63, 3.8) is 0 Å². The van der Waals surface area contributed by atoms with Gasteiger partial charge in [-0.3, -0.25) is 4.84 Å². The third-order valence-corrected chi connectivity index (χ3v) is 3.46. The number of nitrogens with zero attached hydrogens (tertiary/aromatic N) is 3. The van der Waals surface area contributed by atoms with E-state index in [1.807, 2.05) is 37.3 Å². The lowest BCUT2D eigenvalue weighted by Gasteiger charge is -2.20. The molecule has 1 aromatic heterocycles. The maximum atomic E-state index is 11.6. The topological polar surface area (TPSA) is 63.8 Å². The van der Waals surface area contributed by atoms with Gasteiger partial charge in [0, 0.05) is 17.8 Å². The van der Waals surface area contributed by atoms with Crippen LogP contribution in [0.4, 0.5) is 5.69 Å². The number of aromatic nitrogens is 1. The Kier molecular flexibility index (Phi) is 4.20. The molecule has 1 aliphatic heterocycles. The molecule has 1 aromatic carbocycles. The van der Waals surface area contributed by atoms with Gasteiger partial charge in [0.1, 0.15) is 0 Å². The Labute approximate surface area is 129 Å². The van der Waals surface area contributed by atoms with E-state index in [2.05, 4.69) is 10.3 Å². The molecule has 0 aliphatic carbocycles. The van der Waals surface area contributed by atoms with E-state index in [-0.39, 0.29) is 6.61 Å². The zero-order valence-corrected chi connectivity index (χ0v) is 12.4. The average Bonchev–Trinajstić information content (AvgIpc) is 2.96. The molecule has 0 fully saturated rings. The monoisotopic (exact) mass is 298 g/mol. The minimum atomic E-state index is 0.207. The van der Waals surface area contributed by atoms with Gasteiger partial charge in [-0.1, -0.05) is 18.2 Å². The lowest BCUT2D eigenvalue weighted by Crippen LogP contribution is -2.36. The van der Waals surface area contributed by atoms with Crippen molar-refractivity contribution >= 4 is 11.6 Å². The molecule has 1 aliphatic rings. The van der Waals surface area contributed by atoms with Gasteiger partial charge in [-0.05, 0) is 24.6 Å². The van der Waals surface area contributed by atoms with Crippen molar-refractivity contribution in [1.29, 1.82) is 0 Å². The van der Waals surface area contributed by atoms with Crippen molar-refractivity contribution < 1.29 is 9.57 Å². The Morgan fingerprint density at radius 3 is 2.91 bits per heavy atom. The first-order chi connectivity index (χ1) is 10.7. The van der Waals surface area contributed by atoms with Gasteiger partial charge in [0.2, 0.25) is 11.7 Å². The molecule has 1 N–H and O–H groups in total. The molecule has 0 unspecified atom stereocenters. The summed E-state index contributed by atoms with van der Waals surface area (Å²) in [6, 6.07) is 13.3. The van der Waals surface area contributed by atoms with Gasteiger partial charge in [-0.25, -0.2) is 10.1 Å². The summed E-state index contributed by atoms with van der Waals surface area (Å²) in [4.78, 5) is 10.1. The van der Waals surface area contributed by atoms with Gasteiger partial charge >= 0.3 is 0 Å². The maximum Gasteiger partial charge on any atom is 0.223 e. The highest BCUT2D eigenvalue weighted by Crippen LogP contribution is 2.15. The molecule has 6 nitrogen and oxygen atoms in total. The molecule has 114 valence electrons. The average molecular weight is 298 g/mol. The third kappa shape index (κ3) is 3.17. The van der Waals surface area contributed by atoms with Crippen LogP contribution in [0.25, 0.3) is 0 Å². The number of para-hydroxylation sites is 1. The van der Waals surface area contributed by atoms with Crippen LogP contribution in [0.2, 0.25) is 0 Å². The van der Waals surface area contributed by atoms with Crippen molar-refractivity contribution in [1.82, 2.24) is 5.06 Å². The largest absolute Gasteiger partial charge is 0.618 e. The highest BCUT2D eigenvalue weighted by atomic mass is 16.7. The molecule has 0 saturated carbocycles. The SMILES string of the molecule is Cc1ccccc1NC1=NCCN1OCc1cccc[n+]1[O-]. The van der Waals surface area contributed by atoms with Crippen LogP contribution in [-0.4, -0.2) is 24.1 Å². The summed E-state index contributed by atoms with van der Waals surface area (Å²) in [5.74, 6) is 0.669. The molecule has 0 bridgehead atoms. The maximum absolute atomic E-state index is 11.6. The predicted molar refractivity (Wildman–Crippen MR) is 84.0 cm³/mol. The number of aryl methyl sites for hydroxylation is 1. The Hall–Kier alpha value is -2.60. The Bertz CT molecular complexity index is 687. The number of nitrogens with one attached hydrogen (secondary N) is 1. The van der Waals surface area contributed by atoms with Gasteiger partial charge in [0.25, 0.3) is 0 Å². The number of guanidine groups is 1. The van der Waals surface area contributed by atoms with Crippen LogP contribution in [0.5, 0.6) is 0 Å². The lowest BCUT2D eigenvalue weighted by molar-refractivity contribution is -0.617. The summed E-state index contributed by atoms with van der Waals surface area (Å²) in [5.41, 5.74) is 2.69. The minimum Gasteiger partial charge on any atom is -0.618 e. The fraction of sp³-hybridized carbons (Fsp3) is 0.250. The summed E-state index contributed by atoms with van der Waals surface area (Å²) in [6.07, 6.45) is 1.46. The summed E-state index contributed by atoms with van der Waals surface area (Å²) in [5, 5.41) is 16.6. The predicted octanol–water partition coefficient (Wildman–Crippen LogP) is 1.84. The third-order valence-electron chi connectivity index (χ3n) is 3.46. The fourth-order valence-corrected chi connectivity index (χ4v) is 2.21. The van der Waals surface area contributed by atoms with Gasteiger partial charge in [-0.2, -0.15) is 4.73 Å². The molecule has 0 spiro atoms. The zero-order valence-electron chi connectivity index (χ0n) is 12.4. The number of rotatable bonds is 4. The van der Waals surface area contributed by atoms with E-state index in [1.165, 1.54) is 6.20 Å². The molecule has 22 heavy (non-hydrogen) atoms. The van der Waals surface area contributed by atoms with Crippen LogP contribution in [-0.2, 0) is 11.4 Å². The van der Waals surface area contributed by atoms with E-state index < -0.39 is 0 Å². The normalized spacial score (nSPS) is 14.0. The van der Waals surface area contributed by atoms with Crippen LogP contribution in [0, 0.1) is 12.1 Å². The minimum absolute atomic E-state index is 0.207. The molecule has 0 atom stereocenters. The lowest BCUT2D eigenvalue weighted by atomic mass is 10.2. The first-order valence-corrected chi connectivity index (χ1v) is 7.18. The van der Waals surface area contributed by atoms with E-state index in [0.717, 1.165) is 16.0 Å². The van der Waals surface area contributed by atoms with E-state index in [1.54, 1.807) is 17.2 Å². The van der Waals surface area contributed by atoms with Gasteiger partial charge in [0.05, 0.1) is 13.1 Å². The summed E-state index contributed by atoms with van der Waals surface area (Å²) < 4.78 is 0.807. The number of benzene rings is 1. The molecule has 0 radical (unpaired) electrons. The smallest absolute Gasteiger partial charge is 0.223 e. The summed E-state index contributed by atoms with van der Waals surface area (Å²) in [6.45, 7) is 3.58. The Morgan fingerprint density at radius 1 is 1.27 bits per heavy atom. The van der Waals surface area contributed by atoms with Gasteiger partial charge < -0.3 is 10.5 Å². The molecule has 2 aromatic rings. The summed E-state index contributed by atoms with van der Waals surface area (Å²) >= 11 is 0. The van der Waals surface area contributed by atoms with E-state index in [4.69, 9.17) is 4.84 Å². The van der Waals surface area contributed by atoms with E-state index in [9.17, 15) is 5.21 Å². The van der Waals surface area contributed by atoms with Crippen LogP contribution in [0.1, 0.15) is 11.3 Å². The van der Waals surface area contributed by atoms with E-state index >= 15 is 0 Å². The number of hydroxylamine groups is 2. The quantitative estimate of drug-likeness (QED) is 0.691. The first kappa shape index (κ1) is 14.3. The molecule has 0 saturated heterocycles. The highest BCUT2D eigenvalue weighted by Gasteiger charge is 2.19. The molecule has 6 heteroatoms. The number of aliphatic imine (C=N–C) groups is 1. The van der Waals surface area contributed by atoms with Crippen molar-refractivity contribution in [2.45, 2.75) is 13.5 Å². The van der Waals surface area contributed by atoms with Crippen molar-refractivity contribution in [2.75, 3.05) is 18.4 Å². The summed E-state index contributed by atoms with van der Waals surface area (Å²) in [7, 11) is 0. The van der Waals surface area contributed by atoms with Crippen LogP contribution < -0.4 is 10.0 Å². The Balaban J connectivity index is 1.64.